The number of hydrogen-bond acceptors (Lipinski definition) is 3. The highest BCUT2D eigenvalue weighted by molar-refractivity contribution is 5.66. The summed E-state index contributed by atoms with van der Waals surface area (Å²) in [4.78, 5) is 13.1. The summed E-state index contributed by atoms with van der Waals surface area (Å²) in [6.07, 6.45) is 2.74. The molecule has 0 aliphatic heterocycles. The number of carbonyl (C=O) groups is 1. The van der Waals surface area contributed by atoms with E-state index in [0.29, 0.717) is 12.6 Å². The number of aliphatic carboxylic acids is 1. The van der Waals surface area contributed by atoms with E-state index in [1.54, 1.807) is 7.11 Å². The lowest BCUT2D eigenvalue weighted by Gasteiger charge is -2.28. The molecule has 1 fully saturated rings. The monoisotopic (exact) mass is 277 g/mol. The van der Waals surface area contributed by atoms with Crippen LogP contribution in [0.4, 0.5) is 0 Å². The average molecular weight is 277 g/mol. The van der Waals surface area contributed by atoms with Gasteiger partial charge in [0.05, 0.1) is 13.5 Å². The molecule has 0 radical (unpaired) electrons. The van der Waals surface area contributed by atoms with Crippen molar-refractivity contribution in [3.63, 3.8) is 0 Å². The van der Waals surface area contributed by atoms with Gasteiger partial charge in [0, 0.05) is 19.1 Å². The molecule has 1 atom stereocenters. The average Bonchev–Trinajstić information content (AvgIpc) is 3.27. The van der Waals surface area contributed by atoms with Crippen molar-refractivity contribution in [3.05, 3.63) is 29.8 Å². The zero-order chi connectivity index (χ0) is 14.5. The molecule has 0 heterocycles. The molecule has 0 amide bonds. The molecule has 1 aromatic carbocycles. The van der Waals surface area contributed by atoms with Crippen LogP contribution in [0.2, 0.25) is 0 Å². The predicted molar refractivity (Wildman–Crippen MR) is 77.8 cm³/mol. The van der Waals surface area contributed by atoms with Crippen molar-refractivity contribution in [3.8, 4) is 5.75 Å². The van der Waals surface area contributed by atoms with E-state index in [1.807, 2.05) is 24.3 Å². The van der Waals surface area contributed by atoms with Crippen LogP contribution in [-0.2, 0) is 11.3 Å². The van der Waals surface area contributed by atoms with Gasteiger partial charge in [0.1, 0.15) is 5.75 Å². The lowest BCUT2D eigenvalue weighted by molar-refractivity contribution is -0.137. The Morgan fingerprint density at radius 3 is 2.55 bits per heavy atom. The van der Waals surface area contributed by atoms with Crippen molar-refractivity contribution in [2.24, 2.45) is 5.92 Å². The molecule has 20 heavy (non-hydrogen) atoms. The summed E-state index contributed by atoms with van der Waals surface area (Å²) in [6, 6.07) is 8.45. The number of hydrogen-bond donors (Lipinski definition) is 1. The van der Waals surface area contributed by atoms with Crippen LogP contribution in [0.25, 0.3) is 0 Å². The first-order chi connectivity index (χ1) is 9.60. The van der Waals surface area contributed by atoms with Crippen molar-refractivity contribution in [2.45, 2.75) is 38.8 Å². The summed E-state index contributed by atoms with van der Waals surface area (Å²) in [5, 5.41) is 8.89. The van der Waals surface area contributed by atoms with Gasteiger partial charge in [-0.2, -0.15) is 0 Å². The van der Waals surface area contributed by atoms with E-state index in [-0.39, 0.29) is 6.42 Å². The van der Waals surface area contributed by atoms with Crippen LogP contribution in [0, 0.1) is 5.92 Å². The van der Waals surface area contributed by atoms with E-state index in [2.05, 4.69) is 11.8 Å². The molecule has 1 aliphatic rings. The summed E-state index contributed by atoms with van der Waals surface area (Å²) in [6.45, 7) is 3.62. The maximum Gasteiger partial charge on any atom is 0.304 e. The molecule has 1 unspecified atom stereocenters. The van der Waals surface area contributed by atoms with E-state index < -0.39 is 5.97 Å². The lowest BCUT2D eigenvalue weighted by Crippen LogP contribution is -2.35. The standard InChI is InChI=1S/C16H23NO3/c1-12(14-5-6-14)17(10-9-16(18)19)11-13-3-7-15(20-2)8-4-13/h3-4,7-8,12,14H,5-6,9-11H2,1-2H3,(H,18,19). The van der Waals surface area contributed by atoms with Crippen molar-refractivity contribution >= 4 is 5.97 Å². The maximum atomic E-state index is 10.8. The Morgan fingerprint density at radius 2 is 2.05 bits per heavy atom. The van der Waals surface area contributed by atoms with Crippen LogP contribution in [0.3, 0.4) is 0 Å². The normalized spacial score (nSPS) is 16.1. The van der Waals surface area contributed by atoms with Crippen molar-refractivity contribution < 1.29 is 14.6 Å². The number of benzene rings is 1. The van der Waals surface area contributed by atoms with Crippen LogP contribution in [0.1, 0.15) is 31.7 Å². The van der Waals surface area contributed by atoms with Gasteiger partial charge in [-0.1, -0.05) is 12.1 Å². The van der Waals surface area contributed by atoms with Gasteiger partial charge in [-0.05, 0) is 43.4 Å². The predicted octanol–water partition coefficient (Wildman–Crippen LogP) is 2.77. The fourth-order valence-electron chi connectivity index (χ4n) is 2.51. The third-order valence-corrected chi connectivity index (χ3v) is 4.04. The van der Waals surface area contributed by atoms with Crippen LogP contribution in [-0.4, -0.2) is 35.7 Å². The summed E-state index contributed by atoms with van der Waals surface area (Å²) in [5.74, 6) is 0.857. The van der Waals surface area contributed by atoms with Crippen LogP contribution >= 0.6 is 0 Å². The highest BCUT2D eigenvalue weighted by Gasteiger charge is 2.31. The SMILES string of the molecule is COc1ccc(CN(CCC(=O)O)C(C)C2CC2)cc1. The summed E-state index contributed by atoms with van der Waals surface area (Å²) in [5.41, 5.74) is 1.20. The van der Waals surface area contributed by atoms with Gasteiger partial charge in [-0.3, -0.25) is 9.69 Å². The smallest absolute Gasteiger partial charge is 0.304 e. The first kappa shape index (κ1) is 14.9. The van der Waals surface area contributed by atoms with Crippen molar-refractivity contribution in [2.75, 3.05) is 13.7 Å². The molecule has 0 saturated heterocycles. The molecule has 1 aliphatic carbocycles. The minimum absolute atomic E-state index is 0.202. The molecule has 4 heteroatoms. The Morgan fingerprint density at radius 1 is 1.40 bits per heavy atom. The Bertz CT molecular complexity index is 440. The molecular weight excluding hydrogens is 254 g/mol. The first-order valence-electron chi connectivity index (χ1n) is 7.19. The first-order valence-corrected chi connectivity index (χ1v) is 7.19. The summed E-state index contributed by atoms with van der Waals surface area (Å²) in [7, 11) is 1.66. The Balaban J connectivity index is 1.99. The Kier molecular flexibility index (Phi) is 5.01. The second-order valence-corrected chi connectivity index (χ2v) is 5.54. The van der Waals surface area contributed by atoms with Crippen molar-refractivity contribution in [1.29, 1.82) is 0 Å². The number of ether oxygens (including phenoxy) is 1. The Labute approximate surface area is 120 Å². The highest BCUT2D eigenvalue weighted by atomic mass is 16.5. The second kappa shape index (κ2) is 6.75. The van der Waals surface area contributed by atoms with Crippen LogP contribution in [0.5, 0.6) is 5.75 Å². The molecule has 0 bridgehead atoms. The fraction of sp³-hybridized carbons (Fsp3) is 0.562. The van der Waals surface area contributed by atoms with E-state index in [9.17, 15) is 4.79 Å². The van der Waals surface area contributed by atoms with Crippen molar-refractivity contribution in [1.82, 2.24) is 4.90 Å². The number of methoxy groups -OCH3 is 1. The van der Waals surface area contributed by atoms with Gasteiger partial charge in [0.25, 0.3) is 0 Å². The molecule has 0 aromatic heterocycles. The molecule has 2 rings (SSSR count). The van der Waals surface area contributed by atoms with Gasteiger partial charge < -0.3 is 9.84 Å². The second-order valence-electron chi connectivity index (χ2n) is 5.54. The minimum atomic E-state index is -0.729. The maximum absolute atomic E-state index is 10.8. The van der Waals surface area contributed by atoms with Gasteiger partial charge >= 0.3 is 5.97 Å². The summed E-state index contributed by atoms with van der Waals surface area (Å²) < 4.78 is 5.16. The number of rotatable bonds is 8. The lowest BCUT2D eigenvalue weighted by atomic mass is 10.1. The van der Waals surface area contributed by atoms with E-state index in [4.69, 9.17) is 9.84 Å². The largest absolute Gasteiger partial charge is 0.497 e. The van der Waals surface area contributed by atoms with Gasteiger partial charge in [0.15, 0.2) is 0 Å². The van der Waals surface area contributed by atoms with Gasteiger partial charge in [-0.15, -0.1) is 0 Å². The van der Waals surface area contributed by atoms with Gasteiger partial charge in [-0.25, -0.2) is 0 Å². The quantitative estimate of drug-likeness (QED) is 0.794. The summed E-state index contributed by atoms with van der Waals surface area (Å²) >= 11 is 0. The van der Waals surface area contributed by atoms with Crippen LogP contribution < -0.4 is 4.74 Å². The molecule has 1 saturated carbocycles. The van der Waals surface area contributed by atoms with E-state index in [1.165, 1.54) is 18.4 Å². The zero-order valence-corrected chi connectivity index (χ0v) is 12.2. The molecule has 4 nitrogen and oxygen atoms in total. The molecule has 110 valence electrons. The highest BCUT2D eigenvalue weighted by Crippen LogP contribution is 2.35. The molecule has 1 aromatic rings. The minimum Gasteiger partial charge on any atom is -0.497 e. The van der Waals surface area contributed by atoms with E-state index in [0.717, 1.165) is 18.2 Å². The third-order valence-electron chi connectivity index (χ3n) is 4.04. The van der Waals surface area contributed by atoms with E-state index >= 15 is 0 Å². The number of carboxylic acid groups (broad SMARTS) is 1. The number of carboxylic acids is 1. The fourth-order valence-corrected chi connectivity index (χ4v) is 2.51. The molecular formula is C16H23NO3. The van der Waals surface area contributed by atoms with Gasteiger partial charge in [0.2, 0.25) is 0 Å². The zero-order valence-electron chi connectivity index (χ0n) is 12.2. The number of nitrogens with zero attached hydrogens (tertiary/aromatic N) is 1. The topological polar surface area (TPSA) is 49.8 Å². The molecule has 1 N–H and O–H groups in total. The Hall–Kier alpha value is -1.55. The van der Waals surface area contributed by atoms with Crippen LogP contribution in [0.15, 0.2) is 24.3 Å². The molecule has 0 spiro atoms. The third kappa shape index (κ3) is 4.23.